The van der Waals surface area contributed by atoms with Gasteiger partial charge in [-0.3, -0.25) is 10.1 Å². The van der Waals surface area contributed by atoms with Crippen LogP contribution in [-0.4, -0.2) is 34.5 Å². The first-order chi connectivity index (χ1) is 15.3. The number of anilines is 2. The summed E-state index contributed by atoms with van der Waals surface area (Å²) in [5, 5.41) is 23.1. The van der Waals surface area contributed by atoms with Crippen molar-refractivity contribution in [2.45, 2.75) is 38.1 Å². The highest BCUT2D eigenvalue weighted by Crippen LogP contribution is 2.70. The van der Waals surface area contributed by atoms with Gasteiger partial charge in [-0.25, -0.2) is 9.79 Å². The normalized spacial score (nSPS) is 23.7. The van der Waals surface area contributed by atoms with Crippen LogP contribution in [0.5, 0.6) is 5.75 Å². The molecule has 2 bridgehead atoms. The summed E-state index contributed by atoms with van der Waals surface area (Å²) in [5.74, 6) is -0.854. The molecule has 0 atom stereocenters. The third-order valence-corrected chi connectivity index (χ3v) is 6.31. The molecule has 166 valence electrons. The van der Waals surface area contributed by atoms with Crippen LogP contribution in [-0.2, 0) is 0 Å². The zero-order valence-corrected chi connectivity index (χ0v) is 18.3. The first-order valence-corrected chi connectivity index (χ1v) is 10.6. The van der Waals surface area contributed by atoms with Gasteiger partial charge in [0.25, 0.3) is 5.91 Å². The lowest BCUT2D eigenvalue weighted by Gasteiger charge is -2.70. The number of nitriles is 1. The van der Waals surface area contributed by atoms with Gasteiger partial charge in [0, 0.05) is 23.7 Å². The summed E-state index contributed by atoms with van der Waals surface area (Å²) >= 11 is 1.06. The van der Waals surface area contributed by atoms with Crippen molar-refractivity contribution in [3.8, 4) is 11.8 Å². The van der Waals surface area contributed by atoms with E-state index in [0.29, 0.717) is 23.0 Å². The molecule has 3 fully saturated rings. The second kappa shape index (κ2) is 8.08. The van der Waals surface area contributed by atoms with Crippen LogP contribution in [0.15, 0.2) is 32.5 Å². The molecule has 12 heteroatoms. The van der Waals surface area contributed by atoms with Crippen molar-refractivity contribution in [3.63, 3.8) is 0 Å². The minimum absolute atomic E-state index is 0.00317. The number of rotatable bonds is 8. The van der Waals surface area contributed by atoms with E-state index in [1.54, 1.807) is 13.0 Å². The van der Waals surface area contributed by atoms with Crippen LogP contribution in [0.1, 0.15) is 43.2 Å². The molecule has 0 unspecified atom stereocenters. The Hall–Kier alpha value is -3.72. The van der Waals surface area contributed by atoms with E-state index in [9.17, 15) is 9.59 Å². The number of aromatic nitrogens is 2. The number of hydrogen-bond acceptors (Lipinski definition) is 11. The van der Waals surface area contributed by atoms with Crippen molar-refractivity contribution in [1.82, 2.24) is 10.2 Å². The van der Waals surface area contributed by atoms with E-state index < -0.39 is 11.5 Å². The van der Waals surface area contributed by atoms with E-state index in [-0.39, 0.29) is 27.6 Å². The predicted octanol–water partition coefficient (Wildman–Crippen LogP) is 2.57. The lowest BCUT2D eigenvalue weighted by atomic mass is 9.38. The maximum absolute atomic E-state index is 12.7. The summed E-state index contributed by atoms with van der Waals surface area (Å²) in [6.07, 6.45) is 6.00. The Kier molecular flexibility index (Phi) is 5.43. The maximum atomic E-state index is 12.7. The Morgan fingerprint density at radius 3 is 2.88 bits per heavy atom. The number of methoxy groups -OCH3 is 1. The van der Waals surface area contributed by atoms with Crippen LogP contribution in [0.2, 0.25) is 0 Å². The number of nitrogens with two attached hydrogens (primary N) is 1. The fraction of sp³-hybridized carbons (Fsp3) is 0.400. The summed E-state index contributed by atoms with van der Waals surface area (Å²) in [6, 6.07) is 3.66. The number of carbonyl (C=O) groups is 1. The molecular weight excluding hydrogens is 434 g/mol. The molecule has 0 saturated heterocycles. The summed E-state index contributed by atoms with van der Waals surface area (Å²) in [7, 11) is 1.36. The Morgan fingerprint density at radius 1 is 1.47 bits per heavy atom. The van der Waals surface area contributed by atoms with Crippen LogP contribution in [0.25, 0.3) is 0 Å². The highest BCUT2D eigenvalue weighted by Gasteiger charge is 2.67. The molecule has 2 aromatic heterocycles. The lowest BCUT2D eigenvalue weighted by molar-refractivity contribution is -0.112. The number of nitrogens with one attached hydrogen (secondary N) is 2. The monoisotopic (exact) mass is 455 g/mol. The van der Waals surface area contributed by atoms with Crippen LogP contribution >= 0.6 is 11.3 Å². The molecule has 0 aliphatic heterocycles. The highest BCUT2D eigenvalue weighted by molar-refractivity contribution is 7.18. The van der Waals surface area contributed by atoms with E-state index in [1.807, 2.05) is 0 Å². The minimum atomic E-state index is -0.771. The number of ether oxygens (including phenoxy) is 1. The zero-order chi connectivity index (χ0) is 22.9. The number of hydrogen-bond donors (Lipinski definition) is 3. The van der Waals surface area contributed by atoms with E-state index in [2.05, 4.69) is 31.9 Å². The van der Waals surface area contributed by atoms with Gasteiger partial charge in [0.1, 0.15) is 0 Å². The average Bonchev–Trinajstić information content (AvgIpc) is 3.11. The molecular formula is C20H21N7O4S. The second-order valence-corrected chi connectivity index (χ2v) is 9.03. The van der Waals surface area contributed by atoms with Gasteiger partial charge in [-0.05, 0) is 43.9 Å². The molecule has 2 heterocycles. The number of allylic oxidation sites excluding steroid dienone is 1. The molecule has 0 aromatic carbocycles. The number of nitrogens with zero attached hydrogens (tertiary/aromatic N) is 4. The first kappa shape index (κ1) is 21.5. The third kappa shape index (κ3) is 3.94. The molecule has 0 spiro atoms. The maximum Gasteiger partial charge on any atom is 0.381 e. The molecule has 3 saturated carbocycles. The summed E-state index contributed by atoms with van der Waals surface area (Å²) in [4.78, 5) is 29.3. The quantitative estimate of drug-likeness (QED) is 0.506. The van der Waals surface area contributed by atoms with Gasteiger partial charge in [-0.2, -0.15) is 5.26 Å². The molecule has 0 radical (unpaired) electrons. The molecule has 32 heavy (non-hydrogen) atoms. The summed E-state index contributed by atoms with van der Waals surface area (Å²) in [5.41, 5.74) is 5.45. The Bertz CT molecular complexity index is 1200. The Balaban J connectivity index is 1.50. The summed E-state index contributed by atoms with van der Waals surface area (Å²) in [6.45, 7) is 1.75. The van der Waals surface area contributed by atoms with E-state index in [0.717, 1.165) is 30.6 Å². The lowest BCUT2D eigenvalue weighted by Crippen LogP contribution is -2.70. The fourth-order valence-corrected chi connectivity index (χ4v) is 5.12. The van der Waals surface area contributed by atoms with Gasteiger partial charge in [0.2, 0.25) is 16.0 Å². The van der Waals surface area contributed by atoms with Crippen molar-refractivity contribution < 1.29 is 13.9 Å². The van der Waals surface area contributed by atoms with E-state index in [4.69, 9.17) is 20.1 Å². The van der Waals surface area contributed by atoms with Gasteiger partial charge in [-0.15, -0.1) is 10.2 Å². The minimum Gasteiger partial charge on any atom is -0.488 e. The van der Waals surface area contributed by atoms with Crippen LogP contribution in [0, 0.1) is 16.7 Å². The first-order valence-electron chi connectivity index (χ1n) is 9.77. The molecule has 3 aliphatic carbocycles. The number of aliphatic imine (C=N–C) groups is 1. The topological polar surface area (TPSA) is 169 Å². The van der Waals surface area contributed by atoms with Crippen molar-refractivity contribution >= 4 is 38.9 Å². The molecule has 3 aliphatic rings. The fourth-order valence-electron chi connectivity index (χ4n) is 4.45. The SMILES string of the molecule is COc1c(NC23CC(CC#N)(C2)C3)cc(C(=O)Nc2nnc(N=C(C)C=CN)s2)oc1=O. The van der Waals surface area contributed by atoms with Crippen molar-refractivity contribution in [2.75, 3.05) is 17.7 Å². The van der Waals surface area contributed by atoms with Crippen molar-refractivity contribution in [3.05, 3.63) is 34.5 Å². The van der Waals surface area contributed by atoms with Crippen molar-refractivity contribution in [2.24, 2.45) is 16.1 Å². The number of amides is 1. The van der Waals surface area contributed by atoms with Crippen molar-refractivity contribution in [1.29, 1.82) is 5.26 Å². The largest absolute Gasteiger partial charge is 0.488 e. The van der Waals surface area contributed by atoms with E-state index in [1.165, 1.54) is 19.4 Å². The average molecular weight is 456 g/mol. The molecule has 1 amide bonds. The second-order valence-electron chi connectivity index (χ2n) is 8.07. The Labute approximate surface area is 187 Å². The van der Waals surface area contributed by atoms with Crippen LogP contribution in [0.4, 0.5) is 16.0 Å². The van der Waals surface area contributed by atoms with Crippen LogP contribution < -0.4 is 26.7 Å². The molecule has 4 N–H and O–H groups in total. The third-order valence-electron chi connectivity index (χ3n) is 5.57. The Morgan fingerprint density at radius 2 is 2.22 bits per heavy atom. The summed E-state index contributed by atoms with van der Waals surface area (Å²) < 4.78 is 10.3. The smallest absolute Gasteiger partial charge is 0.381 e. The standard InChI is InChI=1S/C20H21N7O4S/c1-11(3-5-21)23-17-26-27-18(32-17)24-15(28)13-7-12(14(30-2)16(29)31-13)25-20-8-19(9-20,10-20)4-6-22/h3,5,7,25H,4,8-10,21H2,1-2H3,(H,24,27,28). The zero-order valence-electron chi connectivity index (χ0n) is 17.5. The molecule has 11 nitrogen and oxygen atoms in total. The van der Waals surface area contributed by atoms with E-state index >= 15 is 0 Å². The van der Waals surface area contributed by atoms with Gasteiger partial charge in [-0.1, -0.05) is 11.3 Å². The van der Waals surface area contributed by atoms with Crippen LogP contribution in [0.3, 0.4) is 0 Å². The van der Waals surface area contributed by atoms with Gasteiger partial charge < -0.3 is 20.2 Å². The molecule has 5 rings (SSSR count). The number of carbonyl (C=O) groups excluding carboxylic acids is 1. The van der Waals surface area contributed by atoms with Gasteiger partial charge in [0.05, 0.1) is 18.9 Å². The predicted molar refractivity (Wildman–Crippen MR) is 118 cm³/mol. The molecule has 2 aromatic rings. The van der Waals surface area contributed by atoms with Gasteiger partial charge in [0.15, 0.2) is 5.76 Å². The van der Waals surface area contributed by atoms with Gasteiger partial charge >= 0.3 is 5.63 Å². The highest BCUT2D eigenvalue weighted by atomic mass is 32.1.